The summed E-state index contributed by atoms with van der Waals surface area (Å²) >= 11 is 4.74. The van der Waals surface area contributed by atoms with Crippen LogP contribution in [0.4, 0.5) is 5.69 Å². The van der Waals surface area contributed by atoms with Gasteiger partial charge in [0.2, 0.25) is 10.0 Å². The summed E-state index contributed by atoms with van der Waals surface area (Å²) < 4.78 is 25.8. The second-order valence-corrected chi connectivity index (χ2v) is 6.11. The molecule has 1 heterocycles. The summed E-state index contributed by atoms with van der Waals surface area (Å²) in [7, 11) is -3.56. The fourth-order valence-corrected chi connectivity index (χ4v) is 3.17. The number of sulfonamides is 1. The molecule has 5 nitrogen and oxygen atoms in total. The average Bonchev–Trinajstić information content (AvgIpc) is 2.29. The highest BCUT2D eigenvalue weighted by Crippen LogP contribution is 2.19. The Kier molecular flexibility index (Phi) is 4.41. The van der Waals surface area contributed by atoms with Crippen molar-refractivity contribution < 1.29 is 8.42 Å². The van der Waals surface area contributed by atoms with Gasteiger partial charge in [-0.1, -0.05) is 12.2 Å². The van der Waals surface area contributed by atoms with E-state index in [-0.39, 0.29) is 4.99 Å². The summed E-state index contributed by atoms with van der Waals surface area (Å²) in [5.74, 6) is 0. The second kappa shape index (κ2) is 5.42. The smallest absolute Gasteiger partial charge is 0.244 e. The SMILES string of the molecule is CCN(c1ccncc1)S(=O)(=O)C(C)C(N)=S. The van der Waals surface area contributed by atoms with E-state index in [1.165, 1.54) is 11.2 Å². The van der Waals surface area contributed by atoms with Crippen molar-refractivity contribution >= 4 is 32.9 Å². The summed E-state index contributed by atoms with van der Waals surface area (Å²) in [6.07, 6.45) is 3.08. The van der Waals surface area contributed by atoms with Gasteiger partial charge in [0, 0.05) is 18.9 Å². The molecule has 0 saturated carbocycles. The number of aromatic nitrogens is 1. The number of thiocarbonyl (C=S) groups is 1. The van der Waals surface area contributed by atoms with Crippen LogP contribution in [0.3, 0.4) is 0 Å². The molecular weight excluding hydrogens is 258 g/mol. The van der Waals surface area contributed by atoms with Crippen molar-refractivity contribution in [3.8, 4) is 0 Å². The van der Waals surface area contributed by atoms with Crippen LogP contribution in [0.2, 0.25) is 0 Å². The van der Waals surface area contributed by atoms with Crippen LogP contribution in [0, 0.1) is 0 Å². The molecule has 1 rings (SSSR count). The van der Waals surface area contributed by atoms with Crippen LogP contribution < -0.4 is 10.0 Å². The van der Waals surface area contributed by atoms with E-state index in [9.17, 15) is 8.42 Å². The van der Waals surface area contributed by atoms with Gasteiger partial charge in [-0.25, -0.2) is 8.42 Å². The third-order valence-corrected chi connectivity index (χ3v) is 5.13. The fraction of sp³-hybridized carbons (Fsp3) is 0.400. The molecule has 0 aliphatic carbocycles. The molecular formula is C10H15N3O2S2. The molecule has 1 aromatic rings. The minimum Gasteiger partial charge on any atom is -0.392 e. The van der Waals surface area contributed by atoms with E-state index < -0.39 is 15.3 Å². The maximum atomic E-state index is 12.2. The minimum absolute atomic E-state index is 0.0301. The van der Waals surface area contributed by atoms with Crippen molar-refractivity contribution in [3.05, 3.63) is 24.5 Å². The van der Waals surface area contributed by atoms with E-state index in [0.29, 0.717) is 12.2 Å². The molecule has 0 saturated heterocycles. The zero-order valence-electron chi connectivity index (χ0n) is 9.70. The van der Waals surface area contributed by atoms with Crippen molar-refractivity contribution in [2.75, 3.05) is 10.8 Å². The van der Waals surface area contributed by atoms with E-state index in [1.54, 1.807) is 31.5 Å². The third kappa shape index (κ3) is 2.92. The zero-order chi connectivity index (χ0) is 13.1. The van der Waals surface area contributed by atoms with Gasteiger partial charge in [0.1, 0.15) is 5.25 Å². The number of nitrogens with two attached hydrogens (primary N) is 1. The molecule has 7 heteroatoms. The Balaban J connectivity index is 3.16. The van der Waals surface area contributed by atoms with E-state index in [1.807, 2.05) is 0 Å². The van der Waals surface area contributed by atoms with E-state index in [2.05, 4.69) is 4.98 Å². The van der Waals surface area contributed by atoms with Crippen molar-refractivity contribution in [1.82, 2.24) is 4.98 Å². The van der Waals surface area contributed by atoms with Gasteiger partial charge in [0.05, 0.1) is 10.7 Å². The second-order valence-electron chi connectivity index (χ2n) is 3.46. The first-order valence-electron chi connectivity index (χ1n) is 5.12. The molecule has 0 spiro atoms. The third-order valence-electron chi connectivity index (χ3n) is 2.39. The highest BCUT2D eigenvalue weighted by molar-refractivity contribution is 7.95. The Labute approximate surface area is 107 Å². The van der Waals surface area contributed by atoms with Crippen LogP contribution in [-0.2, 0) is 10.0 Å². The van der Waals surface area contributed by atoms with Gasteiger partial charge in [0.25, 0.3) is 0 Å². The van der Waals surface area contributed by atoms with Crippen LogP contribution in [-0.4, -0.2) is 30.2 Å². The van der Waals surface area contributed by atoms with E-state index in [0.717, 1.165) is 0 Å². The molecule has 2 N–H and O–H groups in total. The average molecular weight is 273 g/mol. The van der Waals surface area contributed by atoms with Gasteiger partial charge in [-0.05, 0) is 26.0 Å². The first-order chi connectivity index (χ1) is 7.91. The molecule has 1 aromatic heterocycles. The fourth-order valence-electron chi connectivity index (χ4n) is 1.36. The lowest BCUT2D eigenvalue weighted by molar-refractivity contribution is 0.589. The van der Waals surface area contributed by atoms with Crippen LogP contribution in [0.15, 0.2) is 24.5 Å². The largest absolute Gasteiger partial charge is 0.392 e. The number of hydrogen-bond acceptors (Lipinski definition) is 4. The lowest BCUT2D eigenvalue weighted by Crippen LogP contribution is -2.43. The lowest BCUT2D eigenvalue weighted by Gasteiger charge is -2.25. The Hall–Kier alpha value is -1.21. The summed E-state index contributed by atoms with van der Waals surface area (Å²) in [5, 5.41) is -0.884. The molecule has 0 fully saturated rings. The Morgan fingerprint density at radius 2 is 2.06 bits per heavy atom. The van der Waals surface area contributed by atoms with Crippen LogP contribution in [0.25, 0.3) is 0 Å². The summed E-state index contributed by atoms with van der Waals surface area (Å²) in [5.41, 5.74) is 5.97. The van der Waals surface area contributed by atoms with Gasteiger partial charge in [0.15, 0.2) is 0 Å². The molecule has 0 aromatic carbocycles. The first-order valence-corrected chi connectivity index (χ1v) is 7.03. The molecule has 0 amide bonds. The lowest BCUT2D eigenvalue weighted by atomic mass is 10.4. The number of rotatable bonds is 5. The zero-order valence-corrected chi connectivity index (χ0v) is 11.3. The normalized spacial score (nSPS) is 13.1. The highest BCUT2D eigenvalue weighted by atomic mass is 32.2. The maximum absolute atomic E-state index is 12.2. The number of pyridine rings is 1. The number of anilines is 1. The Morgan fingerprint density at radius 3 is 2.47 bits per heavy atom. The standard InChI is InChI=1S/C10H15N3O2S2/c1-3-13(9-4-6-12-7-5-9)17(14,15)8(2)10(11)16/h4-8H,3H2,1-2H3,(H2,11,16). The number of nitrogens with zero attached hydrogens (tertiary/aromatic N) is 2. The molecule has 0 aliphatic heterocycles. The Morgan fingerprint density at radius 1 is 1.53 bits per heavy atom. The highest BCUT2D eigenvalue weighted by Gasteiger charge is 2.29. The van der Waals surface area contributed by atoms with Crippen LogP contribution in [0.5, 0.6) is 0 Å². The predicted octanol–water partition coefficient (Wildman–Crippen LogP) is 0.912. The van der Waals surface area contributed by atoms with Gasteiger partial charge in [-0.15, -0.1) is 0 Å². The molecule has 94 valence electrons. The van der Waals surface area contributed by atoms with E-state index in [4.69, 9.17) is 18.0 Å². The topological polar surface area (TPSA) is 76.3 Å². The number of hydrogen-bond donors (Lipinski definition) is 1. The maximum Gasteiger partial charge on any atom is 0.244 e. The Bertz CT molecular complexity index is 488. The monoisotopic (exact) mass is 273 g/mol. The molecule has 17 heavy (non-hydrogen) atoms. The van der Waals surface area contributed by atoms with Crippen molar-refractivity contribution in [2.45, 2.75) is 19.1 Å². The molecule has 0 aliphatic rings. The van der Waals surface area contributed by atoms with Gasteiger partial charge < -0.3 is 5.73 Å². The summed E-state index contributed by atoms with van der Waals surface area (Å²) in [4.78, 5) is 3.82. The van der Waals surface area contributed by atoms with E-state index >= 15 is 0 Å². The van der Waals surface area contributed by atoms with Gasteiger partial charge in [-0.2, -0.15) is 0 Å². The quantitative estimate of drug-likeness (QED) is 0.807. The summed E-state index contributed by atoms with van der Waals surface area (Å²) in [6, 6.07) is 3.26. The van der Waals surface area contributed by atoms with Crippen molar-refractivity contribution in [1.29, 1.82) is 0 Å². The predicted molar refractivity (Wildman–Crippen MR) is 72.4 cm³/mol. The van der Waals surface area contributed by atoms with Gasteiger partial charge in [-0.3, -0.25) is 9.29 Å². The van der Waals surface area contributed by atoms with Crippen molar-refractivity contribution in [3.63, 3.8) is 0 Å². The summed E-state index contributed by atoms with van der Waals surface area (Å²) in [6.45, 7) is 3.56. The first kappa shape index (κ1) is 13.9. The molecule has 1 unspecified atom stereocenters. The molecule has 1 atom stereocenters. The minimum atomic E-state index is -3.56. The molecule has 0 bridgehead atoms. The van der Waals surface area contributed by atoms with Crippen LogP contribution >= 0.6 is 12.2 Å². The van der Waals surface area contributed by atoms with Gasteiger partial charge >= 0.3 is 0 Å². The molecule has 0 radical (unpaired) electrons. The van der Waals surface area contributed by atoms with Crippen LogP contribution in [0.1, 0.15) is 13.8 Å². The van der Waals surface area contributed by atoms with Crippen molar-refractivity contribution in [2.24, 2.45) is 5.73 Å².